The standard InChI is InChI=1S/C38H40O4/c1-3-5-13-32(39)26-41-34-21-17-30(18-22-34)38(31-19-23-35(24-20-31)42-27-33(40)14-6-4-2)36-15-9-7-11-28(36)25-29-12-8-10-16-37(29)38/h3-12,15-24,32-33,39-40H,13-14,25-27H2,1-2H3. The Morgan fingerprint density at radius 2 is 1.02 bits per heavy atom. The highest BCUT2D eigenvalue weighted by Gasteiger charge is 2.43. The Morgan fingerprint density at radius 3 is 1.43 bits per heavy atom. The van der Waals surface area contributed by atoms with Gasteiger partial charge >= 0.3 is 0 Å². The second kappa shape index (κ2) is 13.7. The number of rotatable bonds is 12. The summed E-state index contributed by atoms with van der Waals surface area (Å²) in [5.74, 6) is 1.46. The number of fused-ring (bicyclic) bond motifs is 2. The molecule has 5 rings (SSSR count). The summed E-state index contributed by atoms with van der Waals surface area (Å²) in [6.07, 6.45) is 8.69. The lowest BCUT2D eigenvalue weighted by Crippen LogP contribution is -2.36. The molecular weight excluding hydrogens is 520 g/mol. The molecule has 4 heteroatoms. The summed E-state index contributed by atoms with van der Waals surface area (Å²) in [6.45, 7) is 4.37. The van der Waals surface area contributed by atoms with E-state index in [2.05, 4.69) is 72.8 Å². The van der Waals surface area contributed by atoms with Crippen LogP contribution in [0.1, 0.15) is 60.1 Å². The second-order valence-corrected chi connectivity index (χ2v) is 10.8. The molecule has 0 heterocycles. The van der Waals surface area contributed by atoms with Crippen molar-refractivity contribution in [2.24, 2.45) is 0 Å². The SMILES string of the molecule is CC=CCC(O)COc1ccc(C2(c3ccc(OCC(O)CC=CC)cc3)c3ccccc3Cc3ccccc32)cc1. The zero-order valence-electron chi connectivity index (χ0n) is 24.4. The normalized spacial score (nSPS) is 15.2. The molecule has 0 saturated heterocycles. The topological polar surface area (TPSA) is 58.9 Å². The first-order chi connectivity index (χ1) is 20.6. The summed E-state index contributed by atoms with van der Waals surface area (Å²) in [5, 5.41) is 20.5. The van der Waals surface area contributed by atoms with Gasteiger partial charge in [0.1, 0.15) is 24.7 Å². The fourth-order valence-electron chi connectivity index (χ4n) is 5.93. The van der Waals surface area contributed by atoms with Gasteiger partial charge in [0.25, 0.3) is 0 Å². The maximum absolute atomic E-state index is 10.2. The number of ether oxygens (including phenoxy) is 2. The van der Waals surface area contributed by atoms with Gasteiger partial charge in [-0.3, -0.25) is 0 Å². The Hall–Kier alpha value is -4.12. The molecule has 4 nitrogen and oxygen atoms in total. The molecule has 0 aliphatic heterocycles. The Balaban J connectivity index is 1.54. The molecule has 0 aromatic heterocycles. The summed E-state index contributed by atoms with van der Waals surface area (Å²) in [5.41, 5.74) is 6.86. The summed E-state index contributed by atoms with van der Waals surface area (Å²) in [7, 11) is 0. The van der Waals surface area contributed by atoms with E-state index in [1.54, 1.807) is 0 Å². The second-order valence-electron chi connectivity index (χ2n) is 10.8. The van der Waals surface area contributed by atoms with Crippen molar-refractivity contribution in [1.29, 1.82) is 0 Å². The number of benzene rings is 4. The van der Waals surface area contributed by atoms with Crippen LogP contribution in [0.15, 0.2) is 121 Å². The Kier molecular flexibility index (Phi) is 9.58. The highest BCUT2D eigenvalue weighted by atomic mass is 16.5. The van der Waals surface area contributed by atoms with Crippen molar-refractivity contribution in [3.8, 4) is 11.5 Å². The van der Waals surface area contributed by atoms with Gasteiger partial charge in [-0.15, -0.1) is 0 Å². The van der Waals surface area contributed by atoms with E-state index in [1.807, 2.05) is 62.4 Å². The minimum absolute atomic E-state index is 0.241. The molecule has 1 aliphatic carbocycles. The smallest absolute Gasteiger partial charge is 0.119 e. The van der Waals surface area contributed by atoms with Crippen molar-refractivity contribution in [1.82, 2.24) is 0 Å². The van der Waals surface area contributed by atoms with Crippen LogP contribution in [-0.4, -0.2) is 35.6 Å². The average molecular weight is 561 g/mol. The van der Waals surface area contributed by atoms with Crippen molar-refractivity contribution in [2.45, 2.75) is 50.7 Å². The predicted molar refractivity (Wildman–Crippen MR) is 169 cm³/mol. The molecule has 42 heavy (non-hydrogen) atoms. The minimum atomic E-state index is -0.547. The van der Waals surface area contributed by atoms with Crippen molar-refractivity contribution in [2.75, 3.05) is 13.2 Å². The van der Waals surface area contributed by atoms with E-state index in [0.29, 0.717) is 12.8 Å². The van der Waals surface area contributed by atoms with Crippen LogP contribution in [-0.2, 0) is 11.8 Å². The lowest BCUT2D eigenvalue weighted by molar-refractivity contribution is 0.110. The quantitative estimate of drug-likeness (QED) is 0.156. The number of aliphatic hydroxyl groups excluding tert-OH is 2. The maximum Gasteiger partial charge on any atom is 0.119 e. The van der Waals surface area contributed by atoms with Crippen LogP contribution in [0.2, 0.25) is 0 Å². The van der Waals surface area contributed by atoms with Gasteiger partial charge in [0.05, 0.1) is 17.6 Å². The monoisotopic (exact) mass is 560 g/mol. The first-order valence-electron chi connectivity index (χ1n) is 14.8. The van der Waals surface area contributed by atoms with Crippen LogP contribution in [0, 0.1) is 0 Å². The molecule has 0 amide bonds. The average Bonchev–Trinajstić information content (AvgIpc) is 3.04. The van der Waals surface area contributed by atoms with Gasteiger partial charge in [0, 0.05) is 0 Å². The van der Waals surface area contributed by atoms with Gasteiger partial charge in [-0.05, 0) is 90.8 Å². The zero-order valence-corrected chi connectivity index (χ0v) is 24.4. The molecule has 1 aliphatic rings. The Labute approximate surface area is 249 Å². The molecule has 4 aromatic rings. The molecule has 4 aromatic carbocycles. The maximum atomic E-state index is 10.2. The zero-order chi connectivity index (χ0) is 29.4. The molecular formula is C38H40O4. The van der Waals surface area contributed by atoms with E-state index in [0.717, 1.165) is 29.0 Å². The minimum Gasteiger partial charge on any atom is -0.491 e. The lowest BCUT2D eigenvalue weighted by atomic mass is 9.60. The van der Waals surface area contributed by atoms with E-state index in [9.17, 15) is 10.2 Å². The molecule has 216 valence electrons. The molecule has 0 saturated carbocycles. The summed E-state index contributed by atoms with van der Waals surface area (Å²) in [4.78, 5) is 0. The summed E-state index contributed by atoms with van der Waals surface area (Å²) < 4.78 is 11.9. The molecule has 2 N–H and O–H groups in total. The van der Waals surface area contributed by atoms with Gasteiger partial charge in [0.15, 0.2) is 0 Å². The van der Waals surface area contributed by atoms with Crippen LogP contribution >= 0.6 is 0 Å². The van der Waals surface area contributed by atoms with Gasteiger partial charge in [-0.1, -0.05) is 97.1 Å². The highest BCUT2D eigenvalue weighted by Crippen LogP contribution is 2.51. The molecule has 0 radical (unpaired) electrons. The predicted octanol–water partition coefficient (Wildman–Crippen LogP) is 7.39. The molecule has 0 spiro atoms. The van der Waals surface area contributed by atoms with Crippen LogP contribution in [0.25, 0.3) is 0 Å². The van der Waals surface area contributed by atoms with Crippen LogP contribution in [0.3, 0.4) is 0 Å². The van der Waals surface area contributed by atoms with Crippen LogP contribution < -0.4 is 9.47 Å². The van der Waals surface area contributed by atoms with E-state index in [4.69, 9.17) is 9.47 Å². The third-order valence-electron chi connectivity index (χ3n) is 7.97. The molecule has 0 fully saturated rings. The third kappa shape index (κ3) is 6.20. The highest BCUT2D eigenvalue weighted by molar-refractivity contribution is 5.67. The first kappa shape index (κ1) is 29.4. The van der Waals surface area contributed by atoms with E-state index < -0.39 is 17.6 Å². The third-order valence-corrected chi connectivity index (χ3v) is 7.97. The molecule has 2 atom stereocenters. The summed E-state index contributed by atoms with van der Waals surface area (Å²) in [6, 6.07) is 34.0. The van der Waals surface area contributed by atoms with Gasteiger partial charge in [0.2, 0.25) is 0 Å². The number of hydrogen-bond acceptors (Lipinski definition) is 4. The first-order valence-corrected chi connectivity index (χ1v) is 14.8. The fourth-order valence-corrected chi connectivity index (χ4v) is 5.93. The molecule has 0 bridgehead atoms. The van der Waals surface area contributed by atoms with E-state index in [1.165, 1.54) is 22.3 Å². The van der Waals surface area contributed by atoms with Gasteiger partial charge < -0.3 is 19.7 Å². The molecule has 2 unspecified atom stereocenters. The van der Waals surface area contributed by atoms with Crippen molar-refractivity contribution in [3.05, 3.63) is 155 Å². The lowest BCUT2D eigenvalue weighted by Gasteiger charge is -2.42. The number of hydrogen-bond donors (Lipinski definition) is 2. The van der Waals surface area contributed by atoms with Gasteiger partial charge in [-0.25, -0.2) is 0 Å². The Morgan fingerprint density at radius 1 is 0.619 bits per heavy atom. The van der Waals surface area contributed by atoms with Gasteiger partial charge in [-0.2, -0.15) is 0 Å². The Bertz CT molecular complexity index is 1390. The van der Waals surface area contributed by atoms with Crippen LogP contribution in [0.4, 0.5) is 0 Å². The van der Waals surface area contributed by atoms with Crippen molar-refractivity contribution >= 4 is 0 Å². The summed E-state index contributed by atoms with van der Waals surface area (Å²) >= 11 is 0. The number of allylic oxidation sites excluding steroid dienone is 2. The van der Waals surface area contributed by atoms with Crippen molar-refractivity contribution in [3.63, 3.8) is 0 Å². The van der Waals surface area contributed by atoms with Crippen molar-refractivity contribution < 1.29 is 19.7 Å². The number of aliphatic hydroxyl groups is 2. The van der Waals surface area contributed by atoms with Crippen LogP contribution in [0.5, 0.6) is 11.5 Å². The van der Waals surface area contributed by atoms with E-state index in [-0.39, 0.29) is 13.2 Å². The van der Waals surface area contributed by atoms with E-state index >= 15 is 0 Å². The largest absolute Gasteiger partial charge is 0.491 e. The fraction of sp³-hybridized carbons (Fsp3) is 0.263.